The third-order valence-corrected chi connectivity index (χ3v) is 4.22. The van der Waals surface area contributed by atoms with Gasteiger partial charge in [-0.3, -0.25) is 0 Å². The molecule has 3 heteroatoms. The van der Waals surface area contributed by atoms with E-state index < -0.39 is 0 Å². The monoisotopic (exact) mass is 262 g/mol. The average molecular weight is 262 g/mol. The van der Waals surface area contributed by atoms with Crippen molar-refractivity contribution in [3.63, 3.8) is 0 Å². The molecular formula is C16H26N2O. The zero-order valence-corrected chi connectivity index (χ0v) is 12.4. The zero-order valence-electron chi connectivity index (χ0n) is 12.4. The summed E-state index contributed by atoms with van der Waals surface area (Å²) in [6.07, 6.45) is 3.52. The smallest absolute Gasteiger partial charge is 0.0478 e. The van der Waals surface area contributed by atoms with Gasteiger partial charge in [0.25, 0.3) is 0 Å². The number of nitrogens with zero attached hydrogens (tertiary/aromatic N) is 1. The maximum absolute atomic E-state index is 5.15. The summed E-state index contributed by atoms with van der Waals surface area (Å²) in [5.41, 5.74) is 2.98. The number of fused-ring (bicyclic) bond motifs is 1. The summed E-state index contributed by atoms with van der Waals surface area (Å²) in [7, 11) is 6.08. The van der Waals surface area contributed by atoms with Crippen LogP contribution in [0.25, 0.3) is 0 Å². The zero-order chi connectivity index (χ0) is 13.7. The maximum Gasteiger partial charge on any atom is 0.0478 e. The molecule has 0 amide bonds. The fraction of sp³-hybridized carbons (Fsp3) is 0.625. The summed E-state index contributed by atoms with van der Waals surface area (Å²) < 4.78 is 5.15. The van der Waals surface area contributed by atoms with Gasteiger partial charge in [0.05, 0.1) is 0 Å². The number of hydrogen-bond acceptors (Lipinski definition) is 3. The lowest BCUT2D eigenvalue weighted by Gasteiger charge is -2.39. The van der Waals surface area contributed by atoms with Gasteiger partial charge >= 0.3 is 0 Å². The van der Waals surface area contributed by atoms with Gasteiger partial charge in [0.15, 0.2) is 0 Å². The third kappa shape index (κ3) is 3.35. The lowest BCUT2D eigenvalue weighted by Crippen LogP contribution is -2.45. The van der Waals surface area contributed by atoms with E-state index in [1.54, 1.807) is 7.11 Å². The minimum atomic E-state index is 0.442. The normalized spacial score (nSPS) is 22.5. The van der Waals surface area contributed by atoms with Crippen LogP contribution < -0.4 is 5.32 Å². The van der Waals surface area contributed by atoms with Crippen LogP contribution in [0.15, 0.2) is 24.3 Å². The maximum atomic E-state index is 5.15. The standard InChI is InChI=1S/C16H26N2O/c1-17-16-14-8-5-4-7-13(14)9-10-15(16)18(2)11-6-12-19-3/h4-5,7-8,15-17H,6,9-12H2,1-3H3. The van der Waals surface area contributed by atoms with E-state index in [-0.39, 0.29) is 0 Å². The molecule has 0 spiro atoms. The fourth-order valence-corrected chi connectivity index (χ4v) is 3.19. The van der Waals surface area contributed by atoms with Gasteiger partial charge in [0, 0.05) is 32.3 Å². The van der Waals surface area contributed by atoms with Crippen LogP contribution in [-0.2, 0) is 11.2 Å². The highest BCUT2D eigenvalue weighted by Gasteiger charge is 2.30. The van der Waals surface area contributed by atoms with Crippen molar-refractivity contribution < 1.29 is 4.74 Å². The Hall–Kier alpha value is -0.900. The molecule has 2 unspecified atom stereocenters. The molecule has 2 atom stereocenters. The van der Waals surface area contributed by atoms with Crippen molar-refractivity contribution in [2.75, 3.05) is 34.4 Å². The Balaban J connectivity index is 2.06. The van der Waals surface area contributed by atoms with Gasteiger partial charge in [0.2, 0.25) is 0 Å². The molecule has 0 saturated heterocycles. The summed E-state index contributed by atoms with van der Waals surface area (Å²) in [6.45, 7) is 1.94. The SMILES string of the molecule is CNC1c2ccccc2CCC1N(C)CCCOC. The molecule has 1 aliphatic carbocycles. The quantitative estimate of drug-likeness (QED) is 0.796. The molecule has 0 aromatic heterocycles. The molecule has 0 radical (unpaired) electrons. The van der Waals surface area contributed by atoms with Gasteiger partial charge in [-0.05, 0) is 44.5 Å². The van der Waals surface area contributed by atoms with Gasteiger partial charge in [0.1, 0.15) is 0 Å². The van der Waals surface area contributed by atoms with Gasteiger partial charge in [-0.2, -0.15) is 0 Å². The summed E-state index contributed by atoms with van der Waals surface area (Å²) in [5.74, 6) is 0. The Bertz CT molecular complexity index is 394. The van der Waals surface area contributed by atoms with Crippen LogP contribution in [0.5, 0.6) is 0 Å². The van der Waals surface area contributed by atoms with E-state index in [2.05, 4.69) is 48.6 Å². The van der Waals surface area contributed by atoms with Gasteiger partial charge < -0.3 is 15.0 Å². The Morgan fingerprint density at radius 2 is 2.16 bits per heavy atom. The fourth-order valence-electron chi connectivity index (χ4n) is 3.19. The Morgan fingerprint density at radius 3 is 2.89 bits per heavy atom. The first-order valence-corrected chi connectivity index (χ1v) is 7.22. The molecule has 106 valence electrons. The number of likely N-dealkylation sites (N-methyl/N-ethyl adjacent to an activating group) is 2. The van der Waals surface area contributed by atoms with Crippen LogP contribution >= 0.6 is 0 Å². The number of rotatable bonds is 6. The first-order valence-electron chi connectivity index (χ1n) is 7.22. The number of methoxy groups -OCH3 is 1. The number of aryl methyl sites for hydroxylation is 1. The molecule has 0 heterocycles. The molecule has 2 rings (SSSR count). The number of hydrogen-bond donors (Lipinski definition) is 1. The first kappa shape index (κ1) is 14.5. The molecule has 1 aromatic carbocycles. The second kappa shape index (κ2) is 7.04. The summed E-state index contributed by atoms with van der Waals surface area (Å²) in [5, 5.41) is 3.51. The van der Waals surface area contributed by atoms with Crippen LogP contribution in [0.2, 0.25) is 0 Å². The van der Waals surface area contributed by atoms with E-state index in [1.165, 1.54) is 24.0 Å². The minimum Gasteiger partial charge on any atom is -0.385 e. The molecule has 3 nitrogen and oxygen atoms in total. The second-order valence-corrected chi connectivity index (χ2v) is 5.40. The van der Waals surface area contributed by atoms with Crippen molar-refractivity contribution in [3.8, 4) is 0 Å². The Morgan fingerprint density at radius 1 is 1.37 bits per heavy atom. The summed E-state index contributed by atoms with van der Waals surface area (Å²) in [4.78, 5) is 2.48. The van der Waals surface area contributed by atoms with Crippen LogP contribution in [0, 0.1) is 0 Å². The first-order chi connectivity index (χ1) is 9.27. The van der Waals surface area contributed by atoms with E-state index in [1.807, 2.05) is 0 Å². The molecular weight excluding hydrogens is 236 g/mol. The van der Waals surface area contributed by atoms with Crippen molar-refractivity contribution in [2.45, 2.75) is 31.3 Å². The highest BCUT2D eigenvalue weighted by molar-refractivity contribution is 5.33. The van der Waals surface area contributed by atoms with Crippen LogP contribution in [0.1, 0.15) is 30.0 Å². The predicted molar refractivity (Wildman–Crippen MR) is 79.5 cm³/mol. The van der Waals surface area contributed by atoms with Gasteiger partial charge in [-0.15, -0.1) is 0 Å². The van der Waals surface area contributed by atoms with E-state index >= 15 is 0 Å². The lowest BCUT2D eigenvalue weighted by atomic mass is 9.83. The molecule has 0 fully saturated rings. The van der Waals surface area contributed by atoms with Gasteiger partial charge in [-0.25, -0.2) is 0 Å². The van der Waals surface area contributed by atoms with Crippen molar-refractivity contribution in [1.29, 1.82) is 0 Å². The largest absolute Gasteiger partial charge is 0.385 e. The summed E-state index contributed by atoms with van der Waals surface area (Å²) >= 11 is 0. The topological polar surface area (TPSA) is 24.5 Å². The number of ether oxygens (including phenoxy) is 1. The van der Waals surface area contributed by atoms with E-state index in [0.717, 1.165) is 19.6 Å². The van der Waals surface area contributed by atoms with E-state index in [4.69, 9.17) is 4.74 Å². The molecule has 0 aliphatic heterocycles. The van der Waals surface area contributed by atoms with Crippen LogP contribution in [0.3, 0.4) is 0 Å². The molecule has 1 aromatic rings. The predicted octanol–water partition coefficient (Wildman–Crippen LogP) is 2.23. The van der Waals surface area contributed by atoms with Crippen LogP contribution in [0.4, 0.5) is 0 Å². The lowest BCUT2D eigenvalue weighted by molar-refractivity contribution is 0.142. The summed E-state index contributed by atoms with van der Waals surface area (Å²) in [6, 6.07) is 9.85. The molecule has 0 saturated carbocycles. The second-order valence-electron chi connectivity index (χ2n) is 5.40. The molecule has 0 bridgehead atoms. The highest BCUT2D eigenvalue weighted by atomic mass is 16.5. The van der Waals surface area contributed by atoms with Crippen molar-refractivity contribution in [3.05, 3.63) is 35.4 Å². The highest BCUT2D eigenvalue weighted by Crippen LogP contribution is 2.32. The number of nitrogens with one attached hydrogen (secondary N) is 1. The molecule has 1 aliphatic rings. The van der Waals surface area contributed by atoms with Crippen molar-refractivity contribution in [1.82, 2.24) is 10.2 Å². The number of benzene rings is 1. The van der Waals surface area contributed by atoms with E-state index in [0.29, 0.717) is 12.1 Å². The Kier molecular flexibility index (Phi) is 5.37. The van der Waals surface area contributed by atoms with Gasteiger partial charge in [-0.1, -0.05) is 24.3 Å². The molecule has 1 N–H and O–H groups in total. The Labute approximate surface area is 116 Å². The van der Waals surface area contributed by atoms with Crippen LogP contribution in [-0.4, -0.2) is 45.3 Å². The third-order valence-electron chi connectivity index (χ3n) is 4.22. The van der Waals surface area contributed by atoms with Crippen molar-refractivity contribution in [2.24, 2.45) is 0 Å². The van der Waals surface area contributed by atoms with Crippen molar-refractivity contribution >= 4 is 0 Å². The van der Waals surface area contributed by atoms with E-state index in [9.17, 15) is 0 Å². The molecule has 19 heavy (non-hydrogen) atoms. The average Bonchev–Trinajstić information content (AvgIpc) is 2.46. The minimum absolute atomic E-state index is 0.442.